The number of piperazine rings is 1. The highest BCUT2D eigenvalue weighted by Gasteiger charge is 2.31. The maximum Gasteiger partial charge on any atom is 0.410 e. The summed E-state index contributed by atoms with van der Waals surface area (Å²) in [7, 11) is 0. The first kappa shape index (κ1) is 24.4. The van der Waals surface area contributed by atoms with E-state index in [9.17, 15) is 4.79 Å². The standard InChI is InChI=1S/C28H31FN4O2/c1-20-19-32(15-16-33(20)27(34)35-28(2,3)4)23-17-24(29)26(30-18-23)31-25(21-11-7-5-8-12-21)22-13-9-6-10-14-22/h5-14,17-18,20H,15-16,19H2,1-4H3/t20-/m0/s1. The van der Waals surface area contributed by atoms with Gasteiger partial charge in [-0.25, -0.2) is 19.2 Å². The van der Waals surface area contributed by atoms with E-state index < -0.39 is 11.4 Å². The fraction of sp³-hybridized carbons (Fsp3) is 0.321. The van der Waals surface area contributed by atoms with Gasteiger partial charge in [0.25, 0.3) is 0 Å². The molecule has 1 aliphatic rings. The predicted octanol–water partition coefficient (Wildman–Crippen LogP) is 5.84. The second-order valence-corrected chi connectivity index (χ2v) is 9.66. The Kier molecular flexibility index (Phi) is 7.15. The lowest BCUT2D eigenvalue weighted by Crippen LogP contribution is -2.55. The summed E-state index contributed by atoms with van der Waals surface area (Å²) in [5, 5.41) is 0. The van der Waals surface area contributed by atoms with Crippen LogP contribution in [0.5, 0.6) is 0 Å². The number of halogens is 1. The molecule has 7 heteroatoms. The predicted molar refractivity (Wildman–Crippen MR) is 137 cm³/mol. The largest absolute Gasteiger partial charge is 0.444 e. The van der Waals surface area contributed by atoms with Crippen molar-refractivity contribution >= 4 is 23.3 Å². The van der Waals surface area contributed by atoms with Gasteiger partial charge in [0.15, 0.2) is 11.6 Å². The first-order valence-electron chi connectivity index (χ1n) is 11.8. The highest BCUT2D eigenvalue weighted by Crippen LogP contribution is 2.26. The third kappa shape index (κ3) is 6.04. The van der Waals surface area contributed by atoms with Gasteiger partial charge in [-0.2, -0.15) is 0 Å². The van der Waals surface area contributed by atoms with Crippen LogP contribution in [-0.4, -0.2) is 53.0 Å². The number of anilines is 1. The summed E-state index contributed by atoms with van der Waals surface area (Å²) in [5.41, 5.74) is 2.55. The van der Waals surface area contributed by atoms with E-state index in [1.165, 1.54) is 6.07 Å². The molecule has 6 nitrogen and oxygen atoms in total. The molecule has 0 aliphatic carbocycles. The molecule has 182 valence electrons. The van der Waals surface area contributed by atoms with E-state index in [0.717, 1.165) is 11.1 Å². The van der Waals surface area contributed by atoms with E-state index in [-0.39, 0.29) is 18.0 Å². The van der Waals surface area contributed by atoms with Gasteiger partial charge in [-0.15, -0.1) is 0 Å². The number of aliphatic imine (C=N–C) groups is 1. The lowest BCUT2D eigenvalue weighted by molar-refractivity contribution is 0.0159. The van der Waals surface area contributed by atoms with Crippen LogP contribution >= 0.6 is 0 Å². The first-order chi connectivity index (χ1) is 16.7. The second-order valence-electron chi connectivity index (χ2n) is 9.66. The van der Waals surface area contributed by atoms with Crippen molar-refractivity contribution in [2.45, 2.75) is 39.3 Å². The minimum atomic E-state index is -0.546. The number of amides is 1. The average molecular weight is 475 g/mol. The molecule has 0 bridgehead atoms. The van der Waals surface area contributed by atoms with Crippen molar-refractivity contribution in [3.8, 4) is 0 Å². The number of aromatic nitrogens is 1. The molecule has 2 aromatic carbocycles. The molecule has 3 aromatic rings. The molecule has 1 saturated heterocycles. The molecule has 0 radical (unpaired) electrons. The zero-order valence-corrected chi connectivity index (χ0v) is 20.6. The molecule has 1 atom stereocenters. The number of benzene rings is 2. The number of carbonyl (C=O) groups is 1. The fourth-order valence-corrected chi connectivity index (χ4v) is 4.05. The topological polar surface area (TPSA) is 58.0 Å². The van der Waals surface area contributed by atoms with Gasteiger partial charge < -0.3 is 14.5 Å². The fourth-order valence-electron chi connectivity index (χ4n) is 4.05. The van der Waals surface area contributed by atoms with E-state index >= 15 is 4.39 Å². The number of ether oxygens (including phenoxy) is 1. The summed E-state index contributed by atoms with van der Waals surface area (Å²) in [6, 6.07) is 20.8. The molecule has 0 unspecified atom stereocenters. The summed E-state index contributed by atoms with van der Waals surface area (Å²) in [5.74, 6) is -0.453. The van der Waals surface area contributed by atoms with E-state index in [2.05, 4.69) is 9.98 Å². The third-order valence-electron chi connectivity index (χ3n) is 5.74. The molecule has 1 aliphatic heterocycles. The van der Waals surface area contributed by atoms with Crippen molar-refractivity contribution < 1.29 is 13.9 Å². The maximum atomic E-state index is 15.2. The monoisotopic (exact) mass is 474 g/mol. The molecule has 4 rings (SSSR count). The number of hydrogen-bond acceptors (Lipinski definition) is 5. The van der Waals surface area contributed by atoms with Crippen LogP contribution in [-0.2, 0) is 4.74 Å². The van der Waals surface area contributed by atoms with Crippen molar-refractivity contribution in [1.29, 1.82) is 0 Å². The molecule has 0 spiro atoms. The second kappa shape index (κ2) is 10.3. The maximum absolute atomic E-state index is 15.2. The zero-order chi connectivity index (χ0) is 25.0. The molecule has 2 heterocycles. The van der Waals surface area contributed by atoms with Gasteiger partial charge in [-0.05, 0) is 27.7 Å². The normalized spacial score (nSPS) is 16.1. The van der Waals surface area contributed by atoms with E-state index in [1.807, 2.05) is 93.3 Å². The Morgan fingerprint density at radius 1 is 1.03 bits per heavy atom. The summed E-state index contributed by atoms with van der Waals surface area (Å²) in [4.78, 5) is 25.2. The average Bonchev–Trinajstić information content (AvgIpc) is 2.83. The van der Waals surface area contributed by atoms with Crippen LogP contribution in [0.3, 0.4) is 0 Å². The molecule has 35 heavy (non-hydrogen) atoms. The van der Waals surface area contributed by atoms with E-state index in [4.69, 9.17) is 4.74 Å². The molecule has 0 N–H and O–H groups in total. The molecule has 1 aromatic heterocycles. The molecular weight excluding hydrogens is 443 g/mol. The van der Waals surface area contributed by atoms with E-state index in [1.54, 1.807) is 11.1 Å². The Balaban J connectivity index is 1.55. The van der Waals surface area contributed by atoms with Gasteiger partial charge in [0.1, 0.15) is 5.60 Å². The van der Waals surface area contributed by atoms with Crippen molar-refractivity contribution in [2.24, 2.45) is 4.99 Å². The quantitative estimate of drug-likeness (QED) is 0.446. The van der Waals surface area contributed by atoms with Gasteiger partial charge >= 0.3 is 6.09 Å². The highest BCUT2D eigenvalue weighted by molar-refractivity contribution is 6.13. The van der Waals surface area contributed by atoms with Crippen molar-refractivity contribution in [3.05, 3.63) is 89.9 Å². The summed E-state index contributed by atoms with van der Waals surface area (Å²) < 4.78 is 20.7. The third-order valence-corrected chi connectivity index (χ3v) is 5.74. The van der Waals surface area contributed by atoms with Gasteiger partial charge in [-0.3, -0.25) is 0 Å². The van der Waals surface area contributed by atoms with Crippen LogP contribution in [0.1, 0.15) is 38.8 Å². The van der Waals surface area contributed by atoms with Gasteiger partial charge in [0.05, 0.1) is 17.6 Å². The Labute approximate surface area is 206 Å². The smallest absolute Gasteiger partial charge is 0.410 e. The van der Waals surface area contributed by atoms with Crippen LogP contribution in [0, 0.1) is 5.82 Å². The van der Waals surface area contributed by atoms with Gasteiger partial charge in [0, 0.05) is 42.9 Å². The summed E-state index contributed by atoms with van der Waals surface area (Å²) >= 11 is 0. The van der Waals surface area contributed by atoms with Gasteiger partial charge in [-0.1, -0.05) is 60.7 Å². The molecule has 0 saturated carbocycles. The minimum absolute atomic E-state index is 0.0388. The number of pyridine rings is 1. The number of carbonyl (C=O) groups excluding carboxylic acids is 1. The SMILES string of the molecule is C[C@H]1CN(c2cnc(N=C(c3ccccc3)c3ccccc3)c(F)c2)CCN1C(=O)OC(C)(C)C. The van der Waals surface area contributed by atoms with Crippen LogP contribution in [0.4, 0.5) is 20.7 Å². The summed E-state index contributed by atoms with van der Waals surface area (Å²) in [6.07, 6.45) is 1.32. The Morgan fingerprint density at radius 2 is 1.63 bits per heavy atom. The zero-order valence-electron chi connectivity index (χ0n) is 20.6. The lowest BCUT2D eigenvalue weighted by atomic mass is 10.0. The number of hydrogen-bond donors (Lipinski definition) is 0. The van der Waals surface area contributed by atoms with Crippen LogP contribution in [0.2, 0.25) is 0 Å². The summed E-state index contributed by atoms with van der Waals surface area (Å²) in [6.45, 7) is 9.13. The van der Waals surface area contributed by atoms with Crippen LogP contribution < -0.4 is 4.90 Å². The minimum Gasteiger partial charge on any atom is -0.444 e. The Bertz CT molecular complexity index is 1150. The molecular formula is C28H31FN4O2. The van der Waals surface area contributed by atoms with Crippen LogP contribution in [0.25, 0.3) is 0 Å². The Hall–Kier alpha value is -3.74. The van der Waals surface area contributed by atoms with Crippen molar-refractivity contribution in [2.75, 3.05) is 24.5 Å². The number of nitrogens with zero attached hydrogens (tertiary/aromatic N) is 4. The lowest BCUT2D eigenvalue weighted by Gasteiger charge is -2.41. The van der Waals surface area contributed by atoms with E-state index in [0.29, 0.717) is 31.0 Å². The Morgan fingerprint density at radius 3 is 2.14 bits per heavy atom. The number of rotatable bonds is 4. The highest BCUT2D eigenvalue weighted by atomic mass is 19.1. The van der Waals surface area contributed by atoms with Gasteiger partial charge in [0.2, 0.25) is 0 Å². The van der Waals surface area contributed by atoms with Crippen molar-refractivity contribution in [1.82, 2.24) is 9.88 Å². The van der Waals surface area contributed by atoms with Crippen LogP contribution in [0.15, 0.2) is 77.9 Å². The first-order valence-corrected chi connectivity index (χ1v) is 11.8. The van der Waals surface area contributed by atoms with Crippen molar-refractivity contribution in [3.63, 3.8) is 0 Å². The molecule has 1 amide bonds. The molecule has 1 fully saturated rings.